The van der Waals surface area contributed by atoms with Crippen LogP contribution in [0.3, 0.4) is 0 Å². The van der Waals surface area contributed by atoms with Crippen LogP contribution in [-0.2, 0) is 6.42 Å². The zero-order chi connectivity index (χ0) is 18.2. The zero-order valence-electron chi connectivity index (χ0n) is 14.5. The summed E-state index contributed by atoms with van der Waals surface area (Å²) in [5.74, 6) is 2.33. The molecule has 0 bridgehead atoms. The van der Waals surface area contributed by atoms with Gasteiger partial charge in [0.05, 0.1) is 26.4 Å². The highest BCUT2D eigenvalue weighted by molar-refractivity contribution is 6.32. The predicted molar refractivity (Wildman–Crippen MR) is 101 cm³/mol. The Morgan fingerprint density at radius 2 is 1.68 bits per heavy atom. The molecule has 3 N–H and O–H groups in total. The van der Waals surface area contributed by atoms with Gasteiger partial charge in [0.25, 0.3) is 0 Å². The molecule has 7 heteroatoms. The summed E-state index contributed by atoms with van der Waals surface area (Å²) in [4.78, 5) is 4.32. The SMILES string of the molecule is COc1ccc(NC(N)=NCCc2ccc(OC)c(OC)c2)cc1Cl. The van der Waals surface area contributed by atoms with Crippen molar-refractivity contribution < 1.29 is 14.2 Å². The van der Waals surface area contributed by atoms with Gasteiger partial charge in [0.1, 0.15) is 5.75 Å². The molecule has 0 aliphatic rings. The maximum Gasteiger partial charge on any atom is 0.193 e. The van der Waals surface area contributed by atoms with Gasteiger partial charge in [0.2, 0.25) is 0 Å². The second-order valence-electron chi connectivity index (χ2n) is 5.18. The van der Waals surface area contributed by atoms with Crippen LogP contribution in [0.25, 0.3) is 0 Å². The fourth-order valence-corrected chi connectivity index (χ4v) is 2.53. The number of nitrogens with two attached hydrogens (primary N) is 1. The third-order valence-corrected chi connectivity index (χ3v) is 3.85. The first-order valence-electron chi connectivity index (χ1n) is 7.68. The summed E-state index contributed by atoms with van der Waals surface area (Å²) in [6.07, 6.45) is 0.728. The molecule has 2 rings (SSSR count). The lowest BCUT2D eigenvalue weighted by Gasteiger charge is -2.10. The Labute approximate surface area is 152 Å². The Morgan fingerprint density at radius 1 is 1.00 bits per heavy atom. The first-order valence-corrected chi connectivity index (χ1v) is 8.06. The largest absolute Gasteiger partial charge is 0.495 e. The number of anilines is 1. The van der Waals surface area contributed by atoms with Crippen LogP contribution in [0.4, 0.5) is 5.69 Å². The van der Waals surface area contributed by atoms with Crippen molar-refractivity contribution in [3.05, 3.63) is 47.0 Å². The molecule has 0 aliphatic heterocycles. The van der Waals surface area contributed by atoms with E-state index in [1.807, 2.05) is 24.3 Å². The molecule has 0 saturated carbocycles. The molecule has 0 spiro atoms. The van der Waals surface area contributed by atoms with Gasteiger partial charge in [0.15, 0.2) is 17.5 Å². The van der Waals surface area contributed by atoms with Crippen LogP contribution in [0.2, 0.25) is 5.02 Å². The van der Waals surface area contributed by atoms with Crippen LogP contribution < -0.4 is 25.3 Å². The summed E-state index contributed by atoms with van der Waals surface area (Å²) >= 11 is 6.08. The van der Waals surface area contributed by atoms with Gasteiger partial charge in [-0.25, -0.2) is 0 Å². The first-order chi connectivity index (χ1) is 12.1. The molecular formula is C18H22ClN3O3. The van der Waals surface area contributed by atoms with Gasteiger partial charge < -0.3 is 25.3 Å². The maximum absolute atomic E-state index is 6.08. The summed E-state index contributed by atoms with van der Waals surface area (Å²) in [7, 11) is 4.79. The van der Waals surface area contributed by atoms with Crippen molar-refractivity contribution in [3.8, 4) is 17.2 Å². The average molecular weight is 364 g/mol. The number of rotatable bonds is 7. The Morgan fingerprint density at radius 3 is 2.32 bits per heavy atom. The minimum Gasteiger partial charge on any atom is -0.495 e. The molecule has 0 aliphatic carbocycles. The lowest BCUT2D eigenvalue weighted by molar-refractivity contribution is 0.354. The molecule has 0 atom stereocenters. The number of guanidine groups is 1. The van der Waals surface area contributed by atoms with Crippen molar-refractivity contribution in [3.63, 3.8) is 0 Å². The van der Waals surface area contributed by atoms with Gasteiger partial charge in [-0.2, -0.15) is 0 Å². The van der Waals surface area contributed by atoms with E-state index < -0.39 is 0 Å². The quantitative estimate of drug-likeness (QED) is 0.582. The van der Waals surface area contributed by atoms with Crippen LogP contribution in [-0.4, -0.2) is 33.8 Å². The third-order valence-electron chi connectivity index (χ3n) is 3.55. The molecule has 2 aromatic carbocycles. The van der Waals surface area contributed by atoms with Gasteiger partial charge in [-0.15, -0.1) is 0 Å². The van der Waals surface area contributed by atoms with Crippen LogP contribution in [0.15, 0.2) is 41.4 Å². The highest BCUT2D eigenvalue weighted by Gasteiger charge is 2.05. The topological polar surface area (TPSA) is 78.1 Å². The minimum atomic E-state index is 0.321. The molecular weight excluding hydrogens is 342 g/mol. The van der Waals surface area contributed by atoms with Gasteiger partial charge in [-0.1, -0.05) is 17.7 Å². The summed E-state index contributed by atoms with van der Waals surface area (Å²) in [5, 5.41) is 3.51. The predicted octanol–water partition coefficient (Wildman–Crippen LogP) is 3.34. The molecule has 134 valence electrons. The maximum atomic E-state index is 6.08. The highest BCUT2D eigenvalue weighted by Crippen LogP contribution is 2.28. The van der Waals surface area contributed by atoms with E-state index in [0.717, 1.165) is 17.7 Å². The summed E-state index contributed by atoms with van der Waals surface area (Å²) < 4.78 is 15.6. The molecule has 0 unspecified atom stereocenters. The monoisotopic (exact) mass is 363 g/mol. The van der Waals surface area contributed by atoms with Gasteiger partial charge >= 0.3 is 0 Å². The number of nitrogens with zero attached hydrogens (tertiary/aromatic N) is 1. The van der Waals surface area contributed by atoms with E-state index in [1.165, 1.54) is 0 Å². The van der Waals surface area contributed by atoms with Gasteiger partial charge in [0, 0.05) is 12.2 Å². The van der Waals surface area contributed by atoms with Crippen molar-refractivity contribution in [2.24, 2.45) is 10.7 Å². The number of halogens is 1. The Hall–Kier alpha value is -2.60. The van der Waals surface area contributed by atoms with Crippen LogP contribution in [0.5, 0.6) is 17.2 Å². The Bertz CT molecular complexity index is 750. The van der Waals surface area contributed by atoms with Crippen molar-refractivity contribution in [1.29, 1.82) is 0 Å². The molecule has 0 radical (unpaired) electrons. The first kappa shape index (κ1) is 18.7. The Kier molecular flexibility index (Phi) is 6.77. The number of hydrogen-bond donors (Lipinski definition) is 2. The number of methoxy groups -OCH3 is 3. The standard InChI is InChI=1S/C18H22ClN3O3/c1-23-15-7-5-13(11-14(15)19)22-18(20)21-9-8-12-4-6-16(24-2)17(10-12)25-3/h4-7,10-11H,8-9H2,1-3H3,(H3,20,21,22). The second kappa shape index (κ2) is 9.03. The lowest BCUT2D eigenvalue weighted by atomic mass is 10.1. The zero-order valence-corrected chi connectivity index (χ0v) is 15.3. The van der Waals surface area contributed by atoms with Crippen LogP contribution >= 0.6 is 11.6 Å². The van der Waals surface area contributed by atoms with Gasteiger partial charge in [-0.3, -0.25) is 4.99 Å². The molecule has 0 aromatic heterocycles. The fraction of sp³-hybridized carbons (Fsp3) is 0.278. The van der Waals surface area contributed by atoms with Crippen molar-refractivity contribution >= 4 is 23.2 Å². The number of benzene rings is 2. The van der Waals surface area contributed by atoms with Crippen LogP contribution in [0.1, 0.15) is 5.56 Å². The van der Waals surface area contributed by atoms with E-state index in [2.05, 4.69) is 10.3 Å². The number of nitrogens with one attached hydrogen (secondary N) is 1. The summed E-state index contributed by atoms with van der Waals surface area (Å²) in [5.41, 5.74) is 7.75. The molecule has 25 heavy (non-hydrogen) atoms. The molecule has 2 aromatic rings. The minimum absolute atomic E-state index is 0.321. The van der Waals surface area contributed by atoms with E-state index in [-0.39, 0.29) is 0 Å². The van der Waals surface area contributed by atoms with Crippen molar-refractivity contribution in [2.75, 3.05) is 33.2 Å². The number of ether oxygens (including phenoxy) is 3. The Balaban J connectivity index is 1.94. The van der Waals surface area contributed by atoms with E-state index in [1.54, 1.807) is 33.5 Å². The smallest absolute Gasteiger partial charge is 0.193 e. The average Bonchev–Trinajstić information content (AvgIpc) is 2.61. The second-order valence-corrected chi connectivity index (χ2v) is 5.59. The number of aliphatic imine (C=N–C) groups is 1. The van der Waals surface area contributed by atoms with E-state index in [0.29, 0.717) is 34.8 Å². The normalized spacial score (nSPS) is 11.1. The van der Waals surface area contributed by atoms with Crippen LogP contribution in [0, 0.1) is 0 Å². The molecule has 0 amide bonds. The van der Waals surface area contributed by atoms with E-state index in [9.17, 15) is 0 Å². The highest BCUT2D eigenvalue weighted by atomic mass is 35.5. The van der Waals surface area contributed by atoms with E-state index in [4.69, 9.17) is 31.5 Å². The molecule has 0 fully saturated rings. The fourth-order valence-electron chi connectivity index (χ4n) is 2.27. The van der Waals surface area contributed by atoms with Crippen molar-refractivity contribution in [2.45, 2.75) is 6.42 Å². The molecule has 6 nitrogen and oxygen atoms in total. The van der Waals surface area contributed by atoms with E-state index >= 15 is 0 Å². The summed E-state index contributed by atoms with van der Waals surface area (Å²) in [6, 6.07) is 11.1. The van der Waals surface area contributed by atoms with Gasteiger partial charge in [-0.05, 0) is 42.3 Å². The molecule has 0 saturated heterocycles. The number of hydrogen-bond acceptors (Lipinski definition) is 4. The molecule has 0 heterocycles. The summed E-state index contributed by atoms with van der Waals surface area (Å²) in [6.45, 7) is 0.540. The van der Waals surface area contributed by atoms with Crippen molar-refractivity contribution in [1.82, 2.24) is 0 Å². The lowest BCUT2D eigenvalue weighted by Crippen LogP contribution is -2.23. The third kappa shape index (κ3) is 5.19.